The number of benzene rings is 2. The van der Waals surface area contributed by atoms with Gasteiger partial charge in [0.1, 0.15) is 11.3 Å². The molecule has 2 aromatic heterocycles. The van der Waals surface area contributed by atoms with Gasteiger partial charge in [-0.1, -0.05) is 37.3 Å². The SMILES string of the molecule is CCc1oc2ccccc2c1CN(C)C(=O)c1ccc(-c2cnco2)cc1. The molecule has 0 unspecified atom stereocenters. The first-order valence-corrected chi connectivity index (χ1v) is 8.91. The third-order valence-corrected chi connectivity index (χ3v) is 4.69. The molecule has 0 aliphatic rings. The molecule has 0 aliphatic carbocycles. The highest BCUT2D eigenvalue weighted by atomic mass is 16.3. The van der Waals surface area contributed by atoms with E-state index in [1.807, 2.05) is 55.6 Å². The van der Waals surface area contributed by atoms with Crippen LogP contribution in [0.2, 0.25) is 0 Å². The lowest BCUT2D eigenvalue weighted by atomic mass is 10.1. The molecule has 0 fully saturated rings. The van der Waals surface area contributed by atoms with Gasteiger partial charge in [0.15, 0.2) is 12.2 Å². The molecule has 136 valence electrons. The largest absolute Gasteiger partial charge is 0.461 e. The van der Waals surface area contributed by atoms with Crippen LogP contribution in [0.1, 0.15) is 28.6 Å². The fourth-order valence-electron chi connectivity index (χ4n) is 3.27. The van der Waals surface area contributed by atoms with Crippen molar-refractivity contribution in [1.82, 2.24) is 9.88 Å². The normalized spacial score (nSPS) is 11.0. The van der Waals surface area contributed by atoms with Gasteiger partial charge in [-0.2, -0.15) is 0 Å². The first kappa shape index (κ1) is 17.1. The average Bonchev–Trinajstić information content (AvgIpc) is 3.36. The number of para-hydroxylation sites is 1. The van der Waals surface area contributed by atoms with Gasteiger partial charge in [-0.05, 0) is 18.2 Å². The highest BCUT2D eigenvalue weighted by molar-refractivity contribution is 5.95. The number of furan rings is 1. The summed E-state index contributed by atoms with van der Waals surface area (Å²) in [5.74, 6) is 1.57. The Kier molecular flexibility index (Phi) is 4.50. The first-order chi connectivity index (χ1) is 13.2. The molecule has 0 N–H and O–H groups in total. The summed E-state index contributed by atoms with van der Waals surface area (Å²) in [6.07, 6.45) is 3.83. The Morgan fingerprint density at radius 3 is 2.59 bits per heavy atom. The van der Waals surface area contributed by atoms with Crippen LogP contribution in [-0.4, -0.2) is 22.8 Å². The van der Waals surface area contributed by atoms with Crippen LogP contribution in [0.25, 0.3) is 22.3 Å². The van der Waals surface area contributed by atoms with E-state index in [1.54, 1.807) is 11.1 Å². The molecular weight excluding hydrogens is 340 g/mol. The highest BCUT2D eigenvalue weighted by Crippen LogP contribution is 2.28. The Hall–Kier alpha value is -3.34. The molecule has 0 radical (unpaired) electrons. The van der Waals surface area contributed by atoms with Gasteiger partial charge in [0, 0.05) is 42.1 Å². The summed E-state index contributed by atoms with van der Waals surface area (Å²) in [5.41, 5.74) is 3.45. The number of rotatable bonds is 5. The number of oxazole rings is 1. The third kappa shape index (κ3) is 3.24. The van der Waals surface area contributed by atoms with Crippen LogP contribution < -0.4 is 0 Å². The van der Waals surface area contributed by atoms with Gasteiger partial charge in [-0.15, -0.1) is 0 Å². The van der Waals surface area contributed by atoms with Crippen molar-refractivity contribution in [2.75, 3.05) is 7.05 Å². The van der Waals surface area contributed by atoms with Crippen molar-refractivity contribution >= 4 is 16.9 Å². The fourth-order valence-corrected chi connectivity index (χ4v) is 3.27. The lowest BCUT2D eigenvalue weighted by molar-refractivity contribution is 0.0785. The maximum atomic E-state index is 12.9. The molecule has 0 aliphatic heterocycles. The van der Waals surface area contributed by atoms with Gasteiger partial charge < -0.3 is 13.7 Å². The molecule has 27 heavy (non-hydrogen) atoms. The number of fused-ring (bicyclic) bond motifs is 1. The number of carbonyl (C=O) groups is 1. The predicted octanol–water partition coefficient (Wildman–Crippen LogP) is 4.92. The van der Waals surface area contributed by atoms with Crippen molar-refractivity contribution in [2.24, 2.45) is 0 Å². The van der Waals surface area contributed by atoms with Gasteiger partial charge >= 0.3 is 0 Å². The van der Waals surface area contributed by atoms with E-state index in [4.69, 9.17) is 8.83 Å². The zero-order chi connectivity index (χ0) is 18.8. The number of aromatic nitrogens is 1. The van der Waals surface area contributed by atoms with Crippen molar-refractivity contribution < 1.29 is 13.6 Å². The quantitative estimate of drug-likeness (QED) is 0.507. The van der Waals surface area contributed by atoms with Crippen LogP contribution >= 0.6 is 0 Å². The molecule has 0 saturated heterocycles. The second kappa shape index (κ2) is 7.11. The minimum absolute atomic E-state index is 0.0357. The molecule has 4 aromatic rings. The number of carbonyl (C=O) groups excluding carboxylic acids is 1. The van der Waals surface area contributed by atoms with Crippen LogP contribution in [0.5, 0.6) is 0 Å². The van der Waals surface area contributed by atoms with Crippen molar-refractivity contribution in [3.8, 4) is 11.3 Å². The lowest BCUT2D eigenvalue weighted by Crippen LogP contribution is -2.26. The molecule has 0 spiro atoms. The average molecular weight is 360 g/mol. The molecule has 0 bridgehead atoms. The van der Waals surface area contributed by atoms with Crippen LogP contribution in [0.3, 0.4) is 0 Å². The van der Waals surface area contributed by atoms with Crippen LogP contribution in [0, 0.1) is 0 Å². The smallest absolute Gasteiger partial charge is 0.253 e. The highest BCUT2D eigenvalue weighted by Gasteiger charge is 2.18. The van der Waals surface area contributed by atoms with Gasteiger partial charge in [-0.25, -0.2) is 4.98 Å². The van der Waals surface area contributed by atoms with Crippen LogP contribution in [0.15, 0.2) is 70.0 Å². The number of amides is 1. The van der Waals surface area contributed by atoms with Gasteiger partial charge in [0.2, 0.25) is 0 Å². The Bertz CT molecular complexity index is 1060. The van der Waals surface area contributed by atoms with E-state index in [0.29, 0.717) is 17.9 Å². The number of hydrogen-bond donors (Lipinski definition) is 0. The Balaban J connectivity index is 1.56. The van der Waals surface area contributed by atoms with Crippen molar-refractivity contribution in [1.29, 1.82) is 0 Å². The molecule has 4 rings (SSSR count). The monoisotopic (exact) mass is 360 g/mol. The van der Waals surface area contributed by atoms with Gasteiger partial charge in [0.05, 0.1) is 6.20 Å². The zero-order valence-corrected chi connectivity index (χ0v) is 15.3. The summed E-state index contributed by atoms with van der Waals surface area (Å²) >= 11 is 0. The Morgan fingerprint density at radius 1 is 1.11 bits per heavy atom. The third-order valence-electron chi connectivity index (χ3n) is 4.69. The second-order valence-corrected chi connectivity index (χ2v) is 6.46. The molecule has 2 heterocycles. The molecule has 0 saturated carbocycles. The van der Waals surface area contributed by atoms with Gasteiger partial charge in [0.25, 0.3) is 5.91 Å². The first-order valence-electron chi connectivity index (χ1n) is 8.91. The summed E-state index contributed by atoms with van der Waals surface area (Å²) in [6, 6.07) is 15.3. The van der Waals surface area contributed by atoms with Gasteiger partial charge in [-0.3, -0.25) is 4.79 Å². The van der Waals surface area contributed by atoms with E-state index < -0.39 is 0 Å². The summed E-state index contributed by atoms with van der Waals surface area (Å²) in [6.45, 7) is 2.56. The number of nitrogens with zero attached hydrogens (tertiary/aromatic N) is 2. The van der Waals surface area contributed by atoms with E-state index >= 15 is 0 Å². The molecule has 5 heteroatoms. The molecular formula is C22H20N2O3. The molecule has 0 atom stereocenters. The molecule has 2 aromatic carbocycles. The van der Waals surface area contributed by atoms with E-state index in [2.05, 4.69) is 11.9 Å². The van der Waals surface area contributed by atoms with E-state index in [9.17, 15) is 4.79 Å². The fraction of sp³-hybridized carbons (Fsp3) is 0.182. The Labute approximate surface area is 157 Å². The topological polar surface area (TPSA) is 59.5 Å². The van der Waals surface area contributed by atoms with E-state index in [-0.39, 0.29) is 5.91 Å². The van der Waals surface area contributed by atoms with Crippen LogP contribution in [0.4, 0.5) is 0 Å². The summed E-state index contributed by atoms with van der Waals surface area (Å²) in [5, 5.41) is 1.06. The van der Waals surface area contributed by atoms with Crippen molar-refractivity contribution in [2.45, 2.75) is 19.9 Å². The molecule has 5 nitrogen and oxygen atoms in total. The van der Waals surface area contributed by atoms with Crippen LogP contribution in [-0.2, 0) is 13.0 Å². The Morgan fingerprint density at radius 2 is 1.89 bits per heavy atom. The zero-order valence-electron chi connectivity index (χ0n) is 15.3. The van der Waals surface area contributed by atoms with E-state index in [1.165, 1.54) is 6.39 Å². The maximum absolute atomic E-state index is 12.9. The lowest BCUT2D eigenvalue weighted by Gasteiger charge is -2.17. The minimum Gasteiger partial charge on any atom is -0.461 e. The summed E-state index contributed by atoms with van der Waals surface area (Å²) in [7, 11) is 1.81. The number of hydrogen-bond acceptors (Lipinski definition) is 4. The maximum Gasteiger partial charge on any atom is 0.253 e. The van der Waals surface area contributed by atoms with Crippen molar-refractivity contribution in [3.63, 3.8) is 0 Å². The summed E-state index contributed by atoms with van der Waals surface area (Å²) in [4.78, 5) is 18.5. The van der Waals surface area contributed by atoms with Crippen molar-refractivity contribution in [3.05, 3.63) is 78.0 Å². The minimum atomic E-state index is -0.0357. The second-order valence-electron chi connectivity index (χ2n) is 6.46. The summed E-state index contributed by atoms with van der Waals surface area (Å²) < 4.78 is 11.2. The predicted molar refractivity (Wildman–Crippen MR) is 103 cm³/mol. The standard InChI is InChI=1S/C22H20N2O3/c1-3-19-18(17-6-4-5-7-20(17)27-19)13-24(2)22(25)16-10-8-15(9-11-16)21-12-23-14-26-21/h4-12,14H,3,13H2,1-2H3. The molecule has 1 amide bonds. The number of aryl methyl sites for hydroxylation is 1. The van der Waals surface area contributed by atoms with E-state index in [0.717, 1.165) is 34.3 Å².